The number of benzene rings is 1. The molecule has 0 saturated heterocycles. The Balaban J connectivity index is 2.78. The Morgan fingerprint density at radius 1 is 1.32 bits per heavy atom. The van der Waals surface area contributed by atoms with Crippen LogP contribution in [-0.2, 0) is 9.59 Å². The number of hydrogen-bond acceptors (Lipinski definition) is 3. The fourth-order valence-electron chi connectivity index (χ4n) is 1.33. The number of carboxylic acids is 1. The number of carbonyl (C=O) groups excluding carboxylic acids is 2. The third-order valence-corrected chi connectivity index (χ3v) is 2.45. The summed E-state index contributed by atoms with van der Waals surface area (Å²) in [6.07, 6.45) is 0.340. The van der Waals surface area contributed by atoms with Crippen LogP contribution in [0.25, 0.3) is 0 Å². The van der Waals surface area contributed by atoms with Gasteiger partial charge in [0.25, 0.3) is 5.91 Å². The number of amides is 2. The Labute approximate surface area is 110 Å². The number of rotatable bonds is 5. The molecule has 6 heteroatoms. The van der Waals surface area contributed by atoms with E-state index in [2.05, 4.69) is 10.6 Å². The Morgan fingerprint density at radius 2 is 2.00 bits per heavy atom. The minimum absolute atomic E-state index is 0.156. The van der Waals surface area contributed by atoms with Crippen molar-refractivity contribution in [1.29, 1.82) is 0 Å². The SMILES string of the molecule is CCC(=O)Nc1cccc(C(=O)NC(C)C(=O)O)c1. The maximum Gasteiger partial charge on any atom is 0.325 e. The first-order valence-electron chi connectivity index (χ1n) is 5.87. The van der Waals surface area contributed by atoms with E-state index >= 15 is 0 Å². The van der Waals surface area contributed by atoms with Gasteiger partial charge in [0, 0.05) is 17.7 Å². The summed E-state index contributed by atoms with van der Waals surface area (Å²) in [4.78, 5) is 33.7. The first kappa shape index (κ1) is 14.7. The van der Waals surface area contributed by atoms with Crippen LogP contribution in [-0.4, -0.2) is 28.9 Å². The lowest BCUT2D eigenvalue weighted by molar-refractivity contribution is -0.138. The number of carboxylic acid groups (broad SMARTS) is 1. The van der Waals surface area contributed by atoms with E-state index in [0.29, 0.717) is 17.7 Å². The molecule has 0 aliphatic carbocycles. The topological polar surface area (TPSA) is 95.5 Å². The molecule has 6 nitrogen and oxygen atoms in total. The number of hydrogen-bond donors (Lipinski definition) is 3. The minimum atomic E-state index is -1.11. The number of carbonyl (C=O) groups is 3. The van der Waals surface area contributed by atoms with Crippen LogP contribution >= 0.6 is 0 Å². The van der Waals surface area contributed by atoms with E-state index in [9.17, 15) is 14.4 Å². The maximum absolute atomic E-state index is 11.8. The smallest absolute Gasteiger partial charge is 0.325 e. The van der Waals surface area contributed by atoms with Gasteiger partial charge in [-0.1, -0.05) is 13.0 Å². The van der Waals surface area contributed by atoms with Crippen LogP contribution in [0, 0.1) is 0 Å². The number of nitrogens with one attached hydrogen (secondary N) is 2. The molecule has 0 fully saturated rings. The highest BCUT2D eigenvalue weighted by Gasteiger charge is 2.15. The lowest BCUT2D eigenvalue weighted by atomic mass is 10.1. The maximum atomic E-state index is 11.8. The second kappa shape index (κ2) is 6.53. The first-order chi connectivity index (χ1) is 8.93. The molecule has 0 spiro atoms. The van der Waals surface area contributed by atoms with Gasteiger partial charge in [-0.2, -0.15) is 0 Å². The lowest BCUT2D eigenvalue weighted by Crippen LogP contribution is -2.38. The molecule has 1 atom stereocenters. The highest BCUT2D eigenvalue weighted by atomic mass is 16.4. The molecule has 0 radical (unpaired) electrons. The molecule has 0 saturated carbocycles. The first-order valence-corrected chi connectivity index (χ1v) is 5.87. The van der Waals surface area contributed by atoms with Crippen LogP contribution in [0.3, 0.4) is 0 Å². The van der Waals surface area contributed by atoms with E-state index in [1.807, 2.05) is 0 Å². The van der Waals surface area contributed by atoms with Crippen molar-refractivity contribution in [3.63, 3.8) is 0 Å². The van der Waals surface area contributed by atoms with Gasteiger partial charge in [0.15, 0.2) is 0 Å². The van der Waals surface area contributed by atoms with E-state index in [-0.39, 0.29) is 5.91 Å². The Hall–Kier alpha value is -2.37. The van der Waals surface area contributed by atoms with Crippen LogP contribution in [0.1, 0.15) is 30.6 Å². The monoisotopic (exact) mass is 264 g/mol. The summed E-state index contributed by atoms with van der Waals surface area (Å²) in [5, 5.41) is 13.7. The molecule has 2 amide bonds. The number of anilines is 1. The highest BCUT2D eigenvalue weighted by molar-refractivity contribution is 5.98. The molecule has 0 bridgehead atoms. The summed E-state index contributed by atoms with van der Waals surface area (Å²) in [6, 6.07) is 5.35. The fraction of sp³-hybridized carbons (Fsp3) is 0.308. The van der Waals surface area contributed by atoms with Gasteiger partial charge in [-0.05, 0) is 25.1 Å². The van der Waals surface area contributed by atoms with Crippen molar-refractivity contribution in [2.75, 3.05) is 5.32 Å². The van der Waals surface area contributed by atoms with Crippen LogP contribution in [0.2, 0.25) is 0 Å². The summed E-state index contributed by atoms with van der Waals surface area (Å²) in [6.45, 7) is 3.10. The van der Waals surface area contributed by atoms with Crippen molar-refractivity contribution >= 4 is 23.5 Å². The van der Waals surface area contributed by atoms with Gasteiger partial charge in [-0.15, -0.1) is 0 Å². The Bertz CT molecular complexity index is 499. The van der Waals surface area contributed by atoms with Crippen molar-refractivity contribution in [1.82, 2.24) is 5.32 Å². The van der Waals surface area contributed by atoms with Gasteiger partial charge in [-0.25, -0.2) is 0 Å². The van der Waals surface area contributed by atoms with Crippen LogP contribution in [0.4, 0.5) is 5.69 Å². The summed E-state index contributed by atoms with van der Waals surface area (Å²) >= 11 is 0. The standard InChI is InChI=1S/C13H16N2O4/c1-3-11(16)15-10-6-4-5-9(7-10)12(17)14-8(2)13(18)19/h4-8H,3H2,1-2H3,(H,14,17)(H,15,16)(H,18,19). The van der Waals surface area contributed by atoms with E-state index in [0.717, 1.165) is 0 Å². The van der Waals surface area contributed by atoms with Crippen molar-refractivity contribution < 1.29 is 19.5 Å². The third kappa shape index (κ3) is 4.42. The molecule has 1 aromatic carbocycles. The van der Waals surface area contributed by atoms with E-state index < -0.39 is 17.9 Å². The molecule has 19 heavy (non-hydrogen) atoms. The van der Waals surface area contributed by atoms with Crippen molar-refractivity contribution in [3.05, 3.63) is 29.8 Å². The summed E-state index contributed by atoms with van der Waals surface area (Å²) < 4.78 is 0. The molecular formula is C13H16N2O4. The quantitative estimate of drug-likeness (QED) is 0.745. The third-order valence-electron chi connectivity index (χ3n) is 2.45. The van der Waals surface area contributed by atoms with Gasteiger partial charge < -0.3 is 15.7 Å². The normalized spacial score (nSPS) is 11.5. The second-order valence-electron chi connectivity index (χ2n) is 4.02. The zero-order valence-corrected chi connectivity index (χ0v) is 10.8. The lowest BCUT2D eigenvalue weighted by Gasteiger charge is -2.10. The minimum Gasteiger partial charge on any atom is -0.480 e. The van der Waals surface area contributed by atoms with Crippen LogP contribution < -0.4 is 10.6 Å². The highest BCUT2D eigenvalue weighted by Crippen LogP contribution is 2.11. The van der Waals surface area contributed by atoms with Gasteiger partial charge in [0.2, 0.25) is 5.91 Å². The average Bonchev–Trinajstić information content (AvgIpc) is 2.38. The Kier molecular flexibility index (Phi) is 5.05. The van der Waals surface area contributed by atoms with E-state index in [4.69, 9.17) is 5.11 Å². The molecule has 0 heterocycles. The zero-order chi connectivity index (χ0) is 14.4. The van der Waals surface area contributed by atoms with Crippen LogP contribution in [0.5, 0.6) is 0 Å². The summed E-state index contributed by atoms with van der Waals surface area (Å²) in [5.74, 6) is -1.76. The average molecular weight is 264 g/mol. The van der Waals surface area contributed by atoms with Gasteiger partial charge in [0.1, 0.15) is 6.04 Å². The zero-order valence-electron chi connectivity index (χ0n) is 10.8. The fourth-order valence-corrected chi connectivity index (χ4v) is 1.33. The summed E-state index contributed by atoms with van der Waals surface area (Å²) in [5.41, 5.74) is 0.796. The molecule has 0 aliphatic heterocycles. The molecule has 0 aliphatic rings. The van der Waals surface area contributed by atoms with Gasteiger partial charge in [-0.3, -0.25) is 14.4 Å². The number of aliphatic carboxylic acids is 1. The van der Waals surface area contributed by atoms with Gasteiger partial charge in [0.05, 0.1) is 0 Å². The van der Waals surface area contributed by atoms with Crippen molar-refractivity contribution in [3.8, 4) is 0 Å². The van der Waals surface area contributed by atoms with Crippen LogP contribution in [0.15, 0.2) is 24.3 Å². The predicted octanol–water partition coefficient (Wildman–Crippen LogP) is 1.24. The van der Waals surface area contributed by atoms with Crippen molar-refractivity contribution in [2.45, 2.75) is 26.3 Å². The summed E-state index contributed by atoms with van der Waals surface area (Å²) in [7, 11) is 0. The van der Waals surface area contributed by atoms with E-state index in [1.54, 1.807) is 25.1 Å². The Morgan fingerprint density at radius 3 is 2.58 bits per heavy atom. The van der Waals surface area contributed by atoms with Crippen molar-refractivity contribution in [2.24, 2.45) is 0 Å². The molecule has 0 aromatic heterocycles. The largest absolute Gasteiger partial charge is 0.480 e. The predicted molar refractivity (Wildman–Crippen MR) is 69.9 cm³/mol. The molecule has 102 valence electrons. The molecule has 1 rings (SSSR count). The van der Waals surface area contributed by atoms with E-state index in [1.165, 1.54) is 13.0 Å². The van der Waals surface area contributed by atoms with Gasteiger partial charge >= 0.3 is 5.97 Å². The molecule has 1 aromatic rings. The second-order valence-corrected chi connectivity index (χ2v) is 4.02. The molecule has 1 unspecified atom stereocenters. The molecular weight excluding hydrogens is 248 g/mol. The molecule has 3 N–H and O–H groups in total.